The molecule has 0 aliphatic carbocycles. The Bertz CT molecular complexity index is 1200. The summed E-state index contributed by atoms with van der Waals surface area (Å²) in [6, 6.07) is 6.34. The maximum absolute atomic E-state index is 14.1. The van der Waals surface area contributed by atoms with Gasteiger partial charge in [-0.1, -0.05) is 18.7 Å². The number of nitrogens with one attached hydrogen (secondary N) is 1. The van der Waals surface area contributed by atoms with Crippen LogP contribution in [0.3, 0.4) is 0 Å². The van der Waals surface area contributed by atoms with Crippen molar-refractivity contribution in [3.05, 3.63) is 90.5 Å². The van der Waals surface area contributed by atoms with Crippen molar-refractivity contribution in [2.24, 2.45) is 0 Å². The van der Waals surface area contributed by atoms with Gasteiger partial charge in [0.1, 0.15) is 29.2 Å². The van der Waals surface area contributed by atoms with Crippen LogP contribution in [-0.2, 0) is 4.74 Å². The van der Waals surface area contributed by atoms with E-state index in [1.165, 1.54) is 36.8 Å². The molecule has 0 saturated heterocycles. The number of carbonyl (C=O) groups excluding carboxylic acids is 1. The summed E-state index contributed by atoms with van der Waals surface area (Å²) in [5.74, 6) is -2.21. The first-order valence-corrected chi connectivity index (χ1v) is 9.68. The smallest absolute Gasteiger partial charge is 0.274 e. The molecule has 0 bridgehead atoms. The predicted octanol–water partition coefficient (Wildman–Crippen LogP) is 3.75. The molecule has 0 saturated carbocycles. The van der Waals surface area contributed by atoms with Gasteiger partial charge in [0.2, 0.25) is 0 Å². The molecule has 4 rings (SSSR count). The number of benzene rings is 1. The summed E-state index contributed by atoms with van der Waals surface area (Å²) in [7, 11) is 0. The molecular formula is C23H18F2N4O3. The second-order valence-electron chi connectivity index (χ2n) is 6.96. The number of aliphatic hydroxyl groups excluding tert-OH is 1. The molecule has 2 N–H and O–H groups in total. The number of hydrogen-bond acceptors (Lipinski definition) is 6. The zero-order valence-electron chi connectivity index (χ0n) is 16.7. The number of rotatable bonds is 5. The number of carbonyl (C=O) groups is 1. The lowest BCUT2D eigenvalue weighted by atomic mass is 10.0. The van der Waals surface area contributed by atoms with E-state index in [0.717, 1.165) is 12.1 Å². The van der Waals surface area contributed by atoms with Gasteiger partial charge in [-0.3, -0.25) is 9.78 Å². The van der Waals surface area contributed by atoms with Crippen molar-refractivity contribution < 1.29 is 23.4 Å². The standard InChI is InChI=1S/C23H18F2N4O3/c1-2-14-10-13(30)11-20(32-14)15-6-8-26-12-19(15)29-23(31)18-7-9-27-22(28-18)21-16(24)4-3-5-17(21)25/h2-9,11-14,30H,1,10H2,(H,29,31)/t13?,14-/m1/s1. The maximum atomic E-state index is 14.1. The van der Waals surface area contributed by atoms with Crippen LogP contribution in [0.15, 0.2) is 67.7 Å². The van der Waals surface area contributed by atoms with Gasteiger partial charge in [-0.25, -0.2) is 18.7 Å². The second kappa shape index (κ2) is 9.03. The minimum atomic E-state index is -0.839. The minimum absolute atomic E-state index is 0.102. The van der Waals surface area contributed by atoms with Crippen LogP contribution in [0.2, 0.25) is 0 Å². The number of anilines is 1. The van der Waals surface area contributed by atoms with E-state index in [1.807, 2.05) is 0 Å². The van der Waals surface area contributed by atoms with E-state index in [9.17, 15) is 18.7 Å². The van der Waals surface area contributed by atoms with Gasteiger partial charge >= 0.3 is 0 Å². The van der Waals surface area contributed by atoms with Gasteiger partial charge in [0.25, 0.3) is 5.91 Å². The number of nitrogens with zero attached hydrogens (tertiary/aromatic N) is 3. The zero-order valence-corrected chi connectivity index (χ0v) is 16.7. The van der Waals surface area contributed by atoms with Crippen LogP contribution in [0.5, 0.6) is 0 Å². The van der Waals surface area contributed by atoms with Gasteiger partial charge < -0.3 is 15.2 Å². The molecule has 3 aromatic rings. The Morgan fingerprint density at radius 3 is 2.75 bits per heavy atom. The summed E-state index contributed by atoms with van der Waals surface area (Å²) < 4.78 is 34.0. The molecule has 2 aromatic heterocycles. The number of ether oxygens (including phenoxy) is 1. The second-order valence-corrected chi connectivity index (χ2v) is 6.96. The lowest BCUT2D eigenvalue weighted by Crippen LogP contribution is -2.23. The molecule has 1 amide bonds. The number of amides is 1. The Kier molecular flexibility index (Phi) is 6.00. The summed E-state index contributed by atoms with van der Waals surface area (Å²) in [4.78, 5) is 24.8. The number of aliphatic hydroxyl groups is 1. The fourth-order valence-electron chi connectivity index (χ4n) is 3.24. The monoisotopic (exact) mass is 436 g/mol. The van der Waals surface area contributed by atoms with Crippen LogP contribution in [0.4, 0.5) is 14.5 Å². The average molecular weight is 436 g/mol. The van der Waals surface area contributed by atoms with Gasteiger partial charge in [0.05, 0.1) is 23.6 Å². The van der Waals surface area contributed by atoms with Crippen LogP contribution in [0.25, 0.3) is 17.1 Å². The highest BCUT2D eigenvalue weighted by Gasteiger charge is 2.23. The van der Waals surface area contributed by atoms with Crippen LogP contribution in [0.1, 0.15) is 22.5 Å². The minimum Gasteiger partial charge on any atom is -0.486 e. The van der Waals surface area contributed by atoms with Crippen LogP contribution < -0.4 is 5.32 Å². The molecule has 1 unspecified atom stereocenters. The van der Waals surface area contributed by atoms with Crippen LogP contribution >= 0.6 is 0 Å². The molecule has 0 spiro atoms. The summed E-state index contributed by atoms with van der Waals surface area (Å²) in [5.41, 5.74) is 0.274. The molecule has 1 aromatic carbocycles. The molecule has 0 fully saturated rings. The molecule has 162 valence electrons. The molecular weight excluding hydrogens is 418 g/mol. The summed E-state index contributed by atoms with van der Waals surface area (Å²) in [6.07, 6.45) is 6.54. The molecule has 1 aliphatic rings. The fourth-order valence-corrected chi connectivity index (χ4v) is 3.24. The summed E-state index contributed by atoms with van der Waals surface area (Å²) >= 11 is 0. The molecule has 0 radical (unpaired) electrons. The highest BCUT2D eigenvalue weighted by Crippen LogP contribution is 2.30. The Balaban J connectivity index is 1.63. The van der Waals surface area contributed by atoms with E-state index in [4.69, 9.17) is 4.74 Å². The van der Waals surface area contributed by atoms with E-state index in [-0.39, 0.29) is 17.6 Å². The molecule has 7 nitrogen and oxygen atoms in total. The first-order valence-electron chi connectivity index (χ1n) is 9.68. The van der Waals surface area contributed by atoms with Crippen LogP contribution in [-0.4, -0.2) is 38.2 Å². The Morgan fingerprint density at radius 1 is 1.22 bits per heavy atom. The number of aromatic nitrogens is 3. The largest absolute Gasteiger partial charge is 0.486 e. The third-order valence-corrected chi connectivity index (χ3v) is 4.77. The first kappa shape index (κ1) is 21.3. The predicted molar refractivity (Wildman–Crippen MR) is 113 cm³/mol. The van der Waals surface area contributed by atoms with Crippen molar-refractivity contribution in [2.45, 2.75) is 18.6 Å². The van der Waals surface area contributed by atoms with Crippen molar-refractivity contribution >= 4 is 17.4 Å². The van der Waals surface area contributed by atoms with Crippen molar-refractivity contribution in [3.63, 3.8) is 0 Å². The third-order valence-electron chi connectivity index (χ3n) is 4.77. The highest BCUT2D eigenvalue weighted by molar-refractivity contribution is 6.04. The Hall–Kier alpha value is -3.98. The zero-order chi connectivity index (χ0) is 22.7. The SMILES string of the molecule is C=C[C@@H]1CC(O)C=C(c2ccncc2NC(=O)c2ccnc(-c3c(F)cccc3F)n2)O1. The number of pyridine rings is 1. The normalized spacial score (nSPS) is 17.8. The van der Waals surface area contributed by atoms with E-state index in [0.29, 0.717) is 23.4 Å². The molecule has 32 heavy (non-hydrogen) atoms. The highest BCUT2D eigenvalue weighted by atomic mass is 19.1. The van der Waals surface area contributed by atoms with Gasteiger partial charge in [0, 0.05) is 24.4 Å². The quantitative estimate of drug-likeness (QED) is 0.592. The van der Waals surface area contributed by atoms with Gasteiger partial charge in [-0.15, -0.1) is 0 Å². The molecule has 9 heteroatoms. The lowest BCUT2D eigenvalue weighted by molar-refractivity contribution is 0.102. The summed E-state index contributed by atoms with van der Waals surface area (Å²) in [6.45, 7) is 3.69. The number of halogens is 2. The fraction of sp³-hybridized carbons (Fsp3) is 0.130. The first-order chi connectivity index (χ1) is 15.5. The van der Waals surface area contributed by atoms with Gasteiger partial charge in [-0.2, -0.15) is 0 Å². The van der Waals surface area contributed by atoms with E-state index < -0.39 is 29.2 Å². The molecule has 2 atom stereocenters. The summed E-state index contributed by atoms with van der Waals surface area (Å²) in [5, 5.41) is 12.8. The molecule has 3 heterocycles. The van der Waals surface area contributed by atoms with E-state index in [2.05, 4.69) is 26.8 Å². The van der Waals surface area contributed by atoms with Crippen molar-refractivity contribution in [2.75, 3.05) is 5.32 Å². The van der Waals surface area contributed by atoms with Gasteiger partial charge in [0.15, 0.2) is 5.82 Å². The maximum Gasteiger partial charge on any atom is 0.274 e. The van der Waals surface area contributed by atoms with E-state index >= 15 is 0 Å². The lowest BCUT2D eigenvalue weighted by Gasteiger charge is -2.26. The third kappa shape index (κ3) is 4.37. The number of hydrogen-bond donors (Lipinski definition) is 2. The van der Waals surface area contributed by atoms with Crippen molar-refractivity contribution in [1.29, 1.82) is 0 Å². The van der Waals surface area contributed by atoms with Crippen LogP contribution in [0, 0.1) is 11.6 Å². The van der Waals surface area contributed by atoms with E-state index in [1.54, 1.807) is 12.1 Å². The average Bonchev–Trinajstić information content (AvgIpc) is 2.79. The Morgan fingerprint density at radius 2 is 2.00 bits per heavy atom. The van der Waals surface area contributed by atoms with Gasteiger partial charge in [-0.05, 0) is 30.3 Å². The molecule has 1 aliphatic heterocycles. The Labute approximate surface area is 182 Å². The topological polar surface area (TPSA) is 97.2 Å². The van der Waals surface area contributed by atoms with Crippen molar-refractivity contribution in [1.82, 2.24) is 15.0 Å². The van der Waals surface area contributed by atoms with Crippen molar-refractivity contribution in [3.8, 4) is 11.4 Å².